The Morgan fingerprint density at radius 2 is 1.87 bits per heavy atom. The lowest BCUT2D eigenvalue weighted by molar-refractivity contribution is -0.150. The largest absolute Gasteiger partial charge is 0.432 e. The summed E-state index contributed by atoms with van der Waals surface area (Å²) in [6.07, 6.45) is 2.92. The fourth-order valence-corrected chi connectivity index (χ4v) is 10.8. The minimum atomic E-state index is -2.91. The Labute approximate surface area is 266 Å². The minimum absolute atomic E-state index is 0.0162. The zero-order valence-electron chi connectivity index (χ0n) is 26.5. The van der Waals surface area contributed by atoms with E-state index in [9.17, 15) is 24.3 Å². The molecule has 0 aliphatic carbocycles. The first-order chi connectivity index (χ1) is 21.5. The van der Waals surface area contributed by atoms with Gasteiger partial charge in [0.2, 0.25) is 11.8 Å². The maximum atomic E-state index is 14.6. The Kier molecular flexibility index (Phi) is 8.92. The average Bonchev–Trinajstić information content (AvgIpc) is 3.69. The summed E-state index contributed by atoms with van der Waals surface area (Å²) in [5.41, 5.74) is 1.49. The predicted molar refractivity (Wildman–Crippen MR) is 174 cm³/mol. The maximum absolute atomic E-state index is 14.6. The van der Waals surface area contributed by atoms with Crippen LogP contribution < -0.4 is 15.5 Å². The number of hydrogen-bond donors (Lipinski definition) is 4. The van der Waals surface area contributed by atoms with Crippen LogP contribution in [0.5, 0.6) is 0 Å². The second kappa shape index (κ2) is 12.6. The number of para-hydroxylation sites is 1. The molecule has 2 aromatic rings. The summed E-state index contributed by atoms with van der Waals surface area (Å²) in [6, 6.07) is 15.1. The van der Waals surface area contributed by atoms with Crippen LogP contribution in [-0.4, -0.2) is 79.2 Å². The van der Waals surface area contributed by atoms with Gasteiger partial charge in [0.05, 0.1) is 43.3 Å². The lowest BCUT2D eigenvalue weighted by Gasteiger charge is -2.32. The number of rotatable bonds is 8. The van der Waals surface area contributed by atoms with Crippen LogP contribution >= 0.6 is 0 Å². The Balaban J connectivity index is 1.24. The summed E-state index contributed by atoms with van der Waals surface area (Å²) in [7, 11) is -2.91. The van der Waals surface area contributed by atoms with Gasteiger partial charge in [0.25, 0.3) is 5.91 Å². The van der Waals surface area contributed by atoms with E-state index >= 15 is 0 Å². The van der Waals surface area contributed by atoms with Crippen LogP contribution in [0.4, 0.5) is 11.4 Å². The molecule has 3 saturated heterocycles. The molecule has 10 nitrogen and oxygen atoms in total. The number of hydrogen-bond acceptors (Lipinski definition) is 7. The number of anilines is 2. The van der Waals surface area contributed by atoms with Crippen LogP contribution in [-0.2, 0) is 31.3 Å². The van der Waals surface area contributed by atoms with Gasteiger partial charge in [-0.05, 0) is 69.1 Å². The molecular weight excluding hydrogens is 588 g/mol. The van der Waals surface area contributed by atoms with Crippen molar-refractivity contribution in [1.82, 2.24) is 10.2 Å². The fraction of sp³-hybridized carbons (Fsp3) is 0.559. The lowest BCUT2D eigenvalue weighted by Crippen LogP contribution is -2.46. The summed E-state index contributed by atoms with van der Waals surface area (Å²) in [6.45, 7) is 8.16. The molecule has 6 rings (SSSR count). The molecule has 1 unspecified atom stereocenters. The summed E-state index contributed by atoms with van der Waals surface area (Å²) in [4.78, 5) is 55.8. The second-order valence-corrected chi connectivity index (χ2v) is 17.7. The molecule has 242 valence electrons. The van der Waals surface area contributed by atoms with Gasteiger partial charge in [0.15, 0.2) is 13.9 Å². The molecule has 1 spiro atoms. The highest BCUT2D eigenvalue weighted by molar-refractivity contribution is 6.71. The van der Waals surface area contributed by atoms with Crippen molar-refractivity contribution < 1.29 is 29.0 Å². The third-order valence-electron chi connectivity index (χ3n) is 10.4. The van der Waals surface area contributed by atoms with Crippen LogP contribution in [0.1, 0.15) is 50.2 Å². The van der Waals surface area contributed by atoms with Crippen LogP contribution in [0.3, 0.4) is 0 Å². The van der Waals surface area contributed by atoms with E-state index in [-0.39, 0.29) is 54.2 Å². The SMILES string of the molecule is C[C@H]1[C@H]([Si](C)(C)O)[C@@H](CC(=O)N2CCC[C@H]2CO)O[C@]12C(=O)N(Cc1ccc(NC(=O)C3CCCNC3)cc1)c1ccccc12. The van der Waals surface area contributed by atoms with Crippen molar-refractivity contribution in [2.45, 2.75) is 82.0 Å². The van der Waals surface area contributed by atoms with Gasteiger partial charge in [0.1, 0.15) is 0 Å². The molecule has 4 N–H and O–H groups in total. The van der Waals surface area contributed by atoms with E-state index in [1.807, 2.05) is 68.5 Å². The predicted octanol–water partition coefficient (Wildman–Crippen LogP) is 3.34. The number of piperidine rings is 1. The monoisotopic (exact) mass is 634 g/mol. The fourth-order valence-electron chi connectivity index (χ4n) is 8.23. The van der Waals surface area contributed by atoms with E-state index in [0.29, 0.717) is 19.6 Å². The lowest BCUT2D eigenvalue weighted by atomic mass is 9.82. The van der Waals surface area contributed by atoms with Crippen molar-refractivity contribution in [3.63, 3.8) is 0 Å². The van der Waals surface area contributed by atoms with E-state index in [2.05, 4.69) is 10.6 Å². The highest BCUT2D eigenvalue weighted by atomic mass is 28.4. The summed E-state index contributed by atoms with van der Waals surface area (Å²) in [5.74, 6) is -0.678. The third kappa shape index (κ3) is 5.85. The highest BCUT2D eigenvalue weighted by Crippen LogP contribution is 2.59. The first-order valence-corrected chi connectivity index (χ1v) is 19.4. The molecule has 3 fully saturated rings. The number of aliphatic hydroxyl groups is 1. The van der Waals surface area contributed by atoms with Gasteiger partial charge in [-0.1, -0.05) is 37.3 Å². The number of fused-ring (bicyclic) bond motifs is 2. The third-order valence-corrected chi connectivity index (χ3v) is 12.9. The van der Waals surface area contributed by atoms with Crippen LogP contribution in [0.2, 0.25) is 18.6 Å². The molecule has 45 heavy (non-hydrogen) atoms. The Bertz CT molecular complexity index is 1420. The van der Waals surface area contributed by atoms with Gasteiger partial charge in [-0.2, -0.15) is 0 Å². The number of nitrogens with zero attached hydrogens (tertiary/aromatic N) is 2. The van der Waals surface area contributed by atoms with Gasteiger partial charge in [-0.15, -0.1) is 0 Å². The van der Waals surface area contributed by atoms with Crippen molar-refractivity contribution in [1.29, 1.82) is 0 Å². The number of carbonyl (C=O) groups excluding carboxylic acids is 3. The van der Waals surface area contributed by atoms with Crippen molar-refractivity contribution in [3.8, 4) is 0 Å². The Morgan fingerprint density at radius 3 is 2.56 bits per heavy atom. The normalized spacial score (nSPS) is 29.8. The van der Waals surface area contributed by atoms with Gasteiger partial charge >= 0.3 is 0 Å². The first-order valence-electron chi connectivity index (χ1n) is 16.4. The van der Waals surface area contributed by atoms with E-state index in [0.717, 1.165) is 54.7 Å². The molecule has 0 radical (unpaired) electrons. The summed E-state index contributed by atoms with van der Waals surface area (Å²) >= 11 is 0. The van der Waals surface area contributed by atoms with Gasteiger partial charge in [-0.25, -0.2) is 0 Å². The number of benzene rings is 2. The minimum Gasteiger partial charge on any atom is -0.432 e. The van der Waals surface area contributed by atoms with E-state index < -0.39 is 20.0 Å². The smallest absolute Gasteiger partial charge is 0.264 e. The number of likely N-dealkylation sites (tertiary alicyclic amines) is 1. The highest BCUT2D eigenvalue weighted by Gasteiger charge is 2.66. The number of carbonyl (C=O) groups is 3. The Hall–Kier alpha value is -3.09. The van der Waals surface area contributed by atoms with Crippen molar-refractivity contribution in [2.75, 3.05) is 36.5 Å². The molecule has 4 aliphatic rings. The zero-order valence-corrected chi connectivity index (χ0v) is 27.5. The van der Waals surface area contributed by atoms with Crippen LogP contribution in [0.25, 0.3) is 0 Å². The molecule has 2 aromatic carbocycles. The molecule has 3 amide bonds. The quantitative estimate of drug-likeness (QED) is 0.328. The van der Waals surface area contributed by atoms with Gasteiger partial charge < -0.3 is 35.1 Å². The van der Waals surface area contributed by atoms with Gasteiger partial charge in [0, 0.05) is 35.8 Å². The molecule has 6 atom stereocenters. The van der Waals surface area contributed by atoms with E-state index in [1.165, 1.54) is 0 Å². The van der Waals surface area contributed by atoms with Crippen molar-refractivity contribution in [3.05, 3.63) is 59.7 Å². The standard InChI is InChI=1S/C34H46N4O6Si/c1-22-31(45(2,3)43)29(18-30(40)37-17-7-9-26(37)21-39)44-34(22)27-10-4-5-11-28(27)38(33(34)42)20-23-12-14-25(15-13-23)36-32(41)24-8-6-16-35-19-24/h4-5,10-15,22,24,26,29,31,35,39,43H,6-9,16-21H2,1-3H3,(H,36,41)/t22-,24?,26-,29+,31-,34+/m0/s1. The molecule has 0 saturated carbocycles. The van der Waals surface area contributed by atoms with E-state index in [4.69, 9.17) is 4.74 Å². The number of aliphatic hydroxyl groups excluding tert-OH is 1. The molecule has 11 heteroatoms. The zero-order chi connectivity index (χ0) is 31.9. The summed E-state index contributed by atoms with van der Waals surface area (Å²) < 4.78 is 6.81. The number of amides is 3. The number of nitrogens with one attached hydrogen (secondary N) is 2. The molecule has 0 bridgehead atoms. The maximum Gasteiger partial charge on any atom is 0.264 e. The molecule has 4 aliphatic heterocycles. The molecule has 4 heterocycles. The van der Waals surface area contributed by atoms with Crippen LogP contribution in [0.15, 0.2) is 48.5 Å². The van der Waals surface area contributed by atoms with Crippen LogP contribution in [0, 0.1) is 11.8 Å². The second-order valence-electron chi connectivity index (χ2n) is 13.8. The number of ether oxygens (including phenoxy) is 1. The Morgan fingerprint density at radius 1 is 1.11 bits per heavy atom. The van der Waals surface area contributed by atoms with Crippen molar-refractivity contribution >= 4 is 37.4 Å². The van der Waals surface area contributed by atoms with Gasteiger partial charge in [-0.3, -0.25) is 14.4 Å². The average molecular weight is 635 g/mol. The topological polar surface area (TPSA) is 131 Å². The molecular formula is C34H46N4O6Si. The molecule has 0 aromatic heterocycles. The summed E-state index contributed by atoms with van der Waals surface area (Å²) in [5, 5.41) is 16.1. The first kappa shape index (κ1) is 31.9. The van der Waals surface area contributed by atoms with E-state index in [1.54, 1.807) is 9.80 Å². The van der Waals surface area contributed by atoms with Crippen molar-refractivity contribution in [2.24, 2.45) is 11.8 Å².